The Balaban J connectivity index is 1.61. The number of hydrogen-bond donors (Lipinski definition) is 1. The molecule has 2 aromatic rings. The Kier molecular flexibility index (Phi) is 7.60. The van der Waals surface area contributed by atoms with Gasteiger partial charge in [-0.3, -0.25) is 4.79 Å². The van der Waals surface area contributed by atoms with Gasteiger partial charge in [-0.15, -0.1) is 0 Å². The normalized spacial score (nSPS) is 18.7. The lowest BCUT2D eigenvalue weighted by atomic mass is 10.00. The van der Waals surface area contributed by atoms with Crippen molar-refractivity contribution in [2.75, 3.05) is 26.3 Å². The van der Waals surface area contributed by atoms with Gasteiger partial charge in [-0.25, -0.2) is 8.42 Å². The van der Waals surface area contributed by atoms with Crippen molar-refractivity contribution in [3.8, 4) is 0 Å². The maximum atomic E-state index is 13.4. The number of nitrogens with zero attached hydrogens (tertiary/aromatic N) is 1. The lowest BCUT2D eigenvalue weighted by Crippen LogP contribution is -2.47. The molecule has 6 nitrogen and oxygen atoms in total. The monoisotopic (exact) mass is 456 g/mol. The molecule has 7 heteroatoms. The van der Waals surface area contributed by atoms with E-state index in [0.29, 0.717) is 31.9 Å². The zero-order chi connectivity index (χ0) is 22.4. The van der Waals surface area contributed by atoms with E-state index < -0.39 is 16.1 Å². The van der Waals surface area contributed by atoms with Crippen molar-refractivity contribution in [3.05, 3.63) is 65.2 Å². The Morgan fingerprint density at radius 3 is 2.25 bits per heavy atom. The number of morpholine rings is 1. The highest BCUT2D eigenvalue weighted by Crippen LogP contribution is 2.25. The van der Waals surface area contributed by atoms with Crippen LogP contribution in [0.5, 0.6) is 0 Å². The fourth-order valence-electron chi connectivity index (χ4n) is 4.50. The fourth-order valence-corrected chi connectivity index (χ4v) is 5.73. The molecule has 2 aliphatic rings. The zero-order valence-corrected chi connectivity index (χ0v) is 19.3. The number of sulfonamides is 1. The molecule has 2 aromatic carbocycles. The van der Waals surface area contributed by atoms with Gasteiger partial charge in [0.05, 0.1) is 18.1 Å². The zero-order valence-electron chi connectivity index (χ0n) is 18.5. The standard InChI is InChI=1S/C25H32N2O4S/c28-25(27-15-17-31-18-16-27)24(21-10-7-4-8-11-21)26-32(29,30)23-14-13-20-9-5-2-1-3-6-12-22(20)19-23/h4,7-8,10-11,13-14,19,24,26H,1-3,5-6,9,12,15-18H2/t24-/m1/s1. The number of carbonyl (C=O) groups excluding carboxylic acids is 1. The summed E-state index contributed by atoms with van der Waals surface area (Å²) in [6.07, 6.45) is 7.75. The quantitative estimate of drug-likeness (QED) is 0.746. The first kappa shape index (κ1) is 23.0. The molecule has 1 heterocycles. The van der Waals surface area contributed by atoms with E-state index in [9.17, 15) is 13.2 Å². The number of hydrogen-bond acceptors (Lipinski definition) is 4. The SMILES string of the molecule is O=C([C@H](NS(=O)(=O)c1ccc2c(c1)CCCCCCC2)c1ccccc1)N1CCOCC1. The summed E-state index contributed by atoms with van der Waals surface area (Å²) < 4.78 is 34.9. The van der Waals surface area contributed by atoms with Crippen LogP contribution in [0, 0.1) is 0 Å². The summed E-state index contributed by atoms with van der Waals surface area (Å²) in [6.45, 7) is 1.85. The summed E-state index contributed by atoms with van der Waals surface area (Å²) in [4.78, 5) is 15.2. The third-order valence-electron chi connectivity index (χ3n) is 6.36. The second kappa shape index (κ2) is 10.6. The number of rotatable bonds is 5. The molecule has 172 valence electrons. The first-order valence-electron chi connectivity index (χ1n) is 11.6. The minimum Gasteiger partial charge on any atom is -0.378 e. The van der Waals surface area contributed by atoms with Crippen LogP contribution in [0.3, 0.4) is 0 Å². The number of aryl methyl sites for hydroxylation is 2. The highest BCUT2D eigenvalue weighted by Gasteiger charge is 2.31. The molecule has 0 saturated carbocycles. The summed E-state index contributed by atoms with van der Waals surface area (Å²) >= 11 is 0. The second-order valence-electron chi connectivity index (χ2n) is 8.60. The topological polar surface area (TPSA) is 75.7 Å². The van der Waals surface area contributed by atoms with Crippen molar-refractivity contribution in [2.45, 2.75) is 55.9 Å². The largest absolute Gasteiger partial charge is 0.378 e. The van der Waals surface area contributed by atoms with Crippen LogP contribution in [-0.2, 0) is 32.4 Å². The van der Waals surface area contributed by atoms with Gasteiger partial charge in [0.2, 0.25) is 15.9 Å². The first-order valence-corrected chi connectivity index (χ1v) is 13.1. The fraction of sp³-hybridized carbons (Fsp3) is 0.480. The molecule has 1 N–H and O–H groups in total. The van der Waals surface area contributed by atoms with Gasteiger partial charge < -0.3 is 9.64 Å². The molecule has 0 bridgehead atoms. The highest BCUT2D eigenvalue weighted by atomic mass is 32.2. The summed E-state index contributed by atoms with van der Waals surface area (Å²) in [7, 11) is -3.88. The first-order chi connectivity index (χ1) is 15.5. The molecule has 32 heavy (non-hydrogen) atoms. The van der Waals surface area contributed by atoms with Crippen LogP contribution >= 0.6 is 0 Å². The van der Waals surface area contributed by atoms with Crippen molar-refractivity contribution in [3.63, 3.8) is 0 Å². The molecule has 0 unspecified atom stereocenters. The molecular formula is C25H32N2O4S. The van der Waals surface area contributed by atoms with Crippen LogP contribution in [0.1, 0.15) is 54.8 Å². The summed E-state index contributed by atoms with van der Waals surface area (Å²) in [6, 6.07) is 13.5. The van der Waals surface area contributed by atoms with E-state index in [2.05, 4.69) is 4.72 Å². The van der Waals surface area contributed by atoms with Gasteiger partial charge in [0, 0.05) is 13.1 Å². The highest BCUT2D eigenvalue weighted by molar-refractivity contribution is 7.89. The van der Waals surface area contributed by atoms with E-state index in [1.165, 1.54) is 24.8 Å². The second-order valence-corrected chi connectivity index (χ2v) is 10.3. The molecule has 1 amide bonds. The Morgan fingerprint density at radius 1 is 0.875 bits per heavy atom. The maximum Gasteiger partial charge on any atom is 0.245 e. The maximum absolute atomic E-state index is 13.4. The van der Waals surface area contributed by atoms with Crippen molar-refractivity contribution < 1.29 is 17.9 Å². The van der Waals surface area contributed by atoms with Gasteiger partial charge in [0.15, 0.2) is 0 Å². The minimum atomic E-state index is -3.88. The Morgan fingerprint density at radius 2 is 1.53 bits per heavy atom. The van der Waals surface area contributed by atoms with E-state index in [1.54, 1.807) is 23.1 Å². The molecule has 1 aliphatic carbocycles. The molecule has 1 fully saturated rings. The van der Waals surface area contributed by atoms with Crippen LogP contribution in [0.15, 0.2) is 53.4 Å². The van der Waals surface area contributed by atoms with Crippen LogP contribution < -0.4 is 4.72 Å². The van der Waals surface area contributed by atoms with Gasteiger partial charge in [-0.2, -0.15) is 4.72 Å². The average molecular weight is 457 g/mol. The number of ether oxygens (including phenoxy) is 1. The molecule has 4 rings (SSSR count). The van der Waals surface area contributed by atoms with Crippen molar-refractivity contribution >= 4 is 15.9 Å². The Hall–Kier alpha value is -2.22. The Bertz CT molecular complexity index is 1020. The van der Waals surface area contributed by atoms with Crippen molar-refractivity contribution in [1.82, 2.24) is 9.62 Å². The number of fused-ring (bicyclic) bond motifs is 1. The van der Waals surface area contributed by atoms with Crippen LogP contribution in [0.4, 0.5) is 0 Å². The lowest BCUT2D eigenvalue weighted by molar-refractivity contribution is -0.137. The summed E-state index contributed by atoms with van der Waals surface area (Å²) in [5.41, 5.74) is 3.00. The summed E-state index contributed by atoms with van der Waals surface area (Å²) in [5.74, 6) is -0.245. The molecule has 1 atom stereocenters. The molecule has 1 aliphatic heterocycles. The van der Waals surface area contributed by atoms with Crippen molar-refractivity contribution in [1.29, 1.82) is 0 Å². The predicted molar refractivity (Wildman–Crippen MR) is 124 cm³/mol. The van der Waals surface area contributed by atoms with Crippen LogP contribution in [0.25, 0.3) is 0 Å². The van der Waals surface area contributed by atoms with E-state index in [1.807, 2.05) is 30.3 Å². The Labute approximate surface area is 191 Å². The van der Waals surface area contributed by atoms with Gasteiger partial charge in [-0.1, -0.05) is 55.7 Å². The molecule has 0 spiro atoms. The lowest BCUT2D eigenvalue weighted by Gasteiger charge is -2.31. The van der Waals surface area contributed by atoms with Crippen LogP contribution in [0.2, 0.25) is 0 Å². The van der Waals surface area contributed by atoms with Crippen LogP contribution in [-0.4, -0.2) is 45.5 Å². The van der Waals surface area contributed by atoms with Gasteiger partial charge in [0.1, 0.15) is 6.04 Å². The van der Waals surface area contributed by atoms with E-state index >= 15 is 0 Å². The average Bonchev–Trinajstić information content (AvgIpc) is 2.95. The third kappa shape index (κ3) is 5.57. The summed E-state index contributed by atoms with van der Waals surface area (Å²) in [5, 5.41) is 0. The number of nitrogens with one attached hydrogen (secondary N) is 1. The van der Waals surface area contributed by atoms with E-state index in [4.69, 9.17) is 4.74 Å². The van der Waals surface area contributed by atoms with Crippen molar-refractivity contribution in [2.24, 2.45) is 0 Å². The van der Waals surface area contributed by atoms with E-state index in [0.717, 1.165) is 31.2 Å². The molecule has 1 saturated heterocycles. The smallest absolute Gasteiger partial charge is 0.245 e. The number of amides is 1. The van der Waals surface area contributed by atoms with Gasteiger partial charge in [-0.05, 0) is 54.5 Å². The van der Waals surface area contributed by atoms with E-state index in [-0.39, 0.29) is 10.8 Å². The molecule has 0 radical (unpaired) electrons. The minimum absolute atomic E-state index is 0.228. The molecular weight excluding hydrogens is 424 g/mol. The predicted octanol–water partition coefficient (Wildman–Crippen LogP) is 3.61. The third-order valence-corrected chi connectivity index (χ3v) is 7.78. The molecule has 0 aromatic heterocycles. The number of benzene rings is 2. The van der Waals surface area contributed by atoms with Gasteiger partial charge in [0.25, 0.3) is 0 Å². The van der Waals surface area contributed by atoms with Gasteiger partial charge >= 0.3 is 0 Å². The number of carbonyl (C=O) groups is 1.